The first-order chi connectivity index (χ1) is 10.2. The number of piperidine rings is 1. The van der Waals surface area contributed by atoms with E-state index in [1.165, 1.54) is 0 Å². The van der Waals surface area contributed by atoms with Crippen molar-refractivity contribution in [1.82, 2.24) is 20.5 Å². The van der Waals surface area contributed by atoms with Crippen molar-refractivity contribution >= 4 is 11.6 Å². The smallest absolute Gasteiger partial charge is 0.241 e. The summed E-state index contributed by atoms with van der Waals surface area (Å²) in [5.41, 5.74) is 1.57. The van der Waals surface area contributed by atoms with Crippen LogP contribution in [0.25, 0.3) is 11.4 Å². The number of aromatic nitrogens is 3. The fraction of sp³-hybridized carbons (Fsp3) is 0.400. The number of amides is 1. The van der Waals surface area contributed by atoms with Crippen LogP contribution in [0.3, 0.4) is 0 Å². The van der Waals surface area contributed by atoms with Crippen LogP contribution in [0.2, 0.25) is 0 Å². The first-order valence-electron chi connectivity index (χ1n) is 7.27. The predicted molar refractivity (Wildman–Crippen MR) is 80.8 cm³/mol. The number of H-pyrrole nitrogens is 1. The van der Waals surface area contributed by atoms with Crippen LogP contribution in [0.1, 0.15) is 25.1 Å². The Bertz CT molecular complexity index is 630. The second-order valence-electron chi connectivity index (χ2n) is 5.28. The fourth-order valence-electron chi connectivity index (χ4n) is 2.55. The number of hydrogen-bond acceptors (Lipinski definition) is 4. The van der Waals surface area contributed by atoms with E-state index in [1.807, 2.05) is 31.2 Å². The highest BCUT2D eigenvalue weighted by Gasteiger charge is 2.21. The lowest BCUT2D eigenvalue weighted by atomic mass is 10.0. The molecular formula is C15H19N5O. The molecule has 0 aliphatic carbocycles. The van der Waals surface area contributed by atoms with Crippen LogP contribution < -0.4 is 10.6 Å². The van der Waals surface area contributed by atoms with Gasteiger partial charge in [-0.1, -0.05) is 18.6 Å². The Morgan fingerprint density at radius 3 is 2.90 bits per heavy atom. The molecule has 110 valence electrons. The van der Waals surface area contributed by atoms with Crippen molar-refractivity contribution < 1.29 is 4.79 Å². The van der Waals surface area contributed by atoms with Crippen molar-refractivity contribution in [3.05, 3.63) is 30.1 Å². The number of nitrogens with one attached hydrogen (secondary N) is 3. The summed E-state index contributed by atoms with van der Waals surface area (Å²) in [6.07, 6.45) is 3.11. The van der Waals surface area contributed by atoms with Crippen molar-refractivity contribution in [3.8, 4) is 11.4 Å². The topological polar surface area (TPSA) is 82.7 Å². The van der Waals surface area contributed by atoms with Crippen LogP contribution in [0.15, 0.2) is 24.3 Å². The Labute approximate surface area is 123 Å². The highest BCUT2D eigenvalue weighted by atomic mass is 16.2. The number of carbonyl (C=O) groups is 1. The molecule has 2 heterocycles. The monoisotopic (exact) mass is 285 g/mol. The summed E-state index contributed by atoms with van der Waals surface area (Å²) in [5, 5.41) is 13.2. The Kier molecular flexibility index (Phi) is 3.96. The molecule has 1 aliphatic rings. The SMILES string of the molecule is Cc1nc(-c2ccccc2NC(=O)C2CCCCN2)n[nH]1. The van der Waals surface area contributed by atoms with Crippen LogP contribution in [-0.2, 0) is 4.79 Å². The average molecular weight is 285 g/mol. The van der Waals surface area contributed by atoms with Gasteiger partial charge in [0.15, 0.2) is 5.82 Å². The minimum Gasteiger partial charge on any atom is -0.324 e. The maximum atomic E-state index is 12.3. The van der Waals surface area contributed by atoms with Crippen molar-refractivity contribution in [2.75, 3.05) is 11.9 Å². The van der Waals surface area contributed by atoms with Gasteiger partial charge in [0, 0.05) is 5.56 Å². The zero-order chi connectivity index (χ0) is 14.7. The van der Waals surface area contributed by atoms with Gasteiger partial charge in [0.25, 0.3) is 0 Å². The molecular weight excluding hydrogens is 266 g/mol. The highest BCUT2D eigenvalue weighted by Crippen LogP contribution is 2.25. The number of hydrogen-bond donors (Lipinski definition) is 3. The van der Waals surface area contributed by atoms with E-state index in [4.69, 9.17) is 0 Å². The van der Waals surface area contributed by atoms with Crippen LogP contribution in [0.4, 0.5) is 5.69 Å². The molecule has 1 amide bonds. The van der Waals surface area contributed by atoms with E-state index in [2.05, 4.69) is 25.8 Å². The van der Waals surface area contributed by atoms with Gasteiger partial charge in [-0.15, -0.1) is 0 Å². The largest absolute Gasteiger partial charge is 0.324 e. The van der Waals surface area contributed by atoms with Crippen molar-refractivity contribution in [2.24, 2.45) is 0 Å². The van der Waals surface area contributed by atoms with Gasteiger partial charge >= 0.3 is 0 Å². The average Bonchev–Trinajstić information content (AvgIpc) is 2.95. The van der Waals surface area contributed by atoms with Gasteiger partial charge < -0.3 is 10.6 Å². The number of aryl methyl sites for hydroxylation is 1. The lowest BCUT2D eigenvalue weighted by molar-refractivity contribution is -0.118. The molecule has 1 aromatic heterocycles. The molecule has 2 aromatic rings. The second kappa shape index (κ2) is 6.05. The molecule has 0 bridgehead atoms. The summed E-state index contributed by atoms with van der Waals surface area (Å²) in [5.74, 6) is 1.36. The van der Waals surface area contributed by atoms with Gasteiger partial charge in [0.1, 0.15) is 5.82 Å². The van der Waals surface area contributed by atoms with Gasteiger partial charge in [-0.05, 0) is 38.4 Å². The van der Waals surface area contributed by atoms with Crippen molar-refractivity contribution in [1.29, 1.82) is 0 Å². The molecule has 1 fully saturated rings. The third-order valence-corrected chi connectivity index (χ3v) is 3.65. The normalized spacial score (nSPS) is 18.4. The standard InChI is InChI=1S/C15H19N5O/c1-10-17-14(20-19-10)11-6-2-3-7-12(11)18-15(21)13-8-4-5-9-16-13/h2-3,6-7,13,16H,4-5,8-9H2,1H3,(H,18,21)(H,17,19,20). The number of benzene rings is 1. The first-order valence-corrected chi connectivity index (χ1v) is 7.27. The Hall–Kier alpha value is -2.21. The molecule has 6 nitrogen and oxygen atoms in total. The molecule has 3 rings (SSSR count). The quantitative estimate of drug-likeness (QED) is 0.804. The molecule has 1 saturated heterocycles. The second-order valence-corrected chi connectivity index (χ2v) is 5.28. The summed E-state index contributed by atoms with van der Waals surface area (Å²) >= 11 is 0. The van der Waals surface area contributed by atoms with Gasteiger partial charge in [-0.2, -0.15) is 5.10 Å². The number of para-hydroxylation sites is 1. The minimum atomic E-state index is -0.110. The molecule has 0 radical (unpaired) electrons. The molecule has 1 aliphatic heterocycles. The molecule has 0 spiro atoms. The van der Waals surface area contributed by atoms with E-state index in [0.29, 0.717) is 5.82 Å². The van der Waals surface area contributed by atoms with Crippen LogP contribution in [-0.4, -0.2) is 33.7 Å². The molecule has 21 heavy (non-hydrogen) atoms. The van der Waals surface area contributed by atoms with E-state index in [9.17, 15) is 4.79 Å². The van der Waals surface area contributed by atoms with Crippen LogP contribution in [0.5, 0.6) is 0 Å². The number of rotatable bonds is 3. The summed E-state index contributed by atoms with van der Waals surface area (Å²) in [4.78, 5) is 16.7. The molecule has 1 unspecified atom stereocenters. The third-order valence-electron chi connectivity index (χ3n) is 3.65. The lowest BCUT2D eigenvalue weighted by Gasteiger charge is -2.22. The molecule has 3 N–H and O–H groups in total. The van der Waals surface area contributed by atoms with E-state index in [0.717, 1.165) is 42.9 Å². The molecule has 1 atom stereocenters. The van der Waals surface area contributed by atoms with Gasteiger partial charge in [0.2, 0.25) is 5.91 Å². The molecule has 1 aromatic carbocycles. The van der Waals surface area contributed by atoms with Crippen molar-refractivity contribution in [2.45, 2.75) is 32.2 Å². The zero-order valence-corrected chi connectivity index (χ0v) is 12.0. The maximum absolute atomic E-state index is 12.3. The third kappa shape index (κ3) is 3.11. The molecule has 0 saturated carbocycles. The Morgan fingerprint density at radius 2 is 2.19 bits per heavy atom. The number of aromatic amines is 1. The van der Waals surface area contributed by atoms with E-state index >= 15 is 0 Å². The maximum Gasteiger partial charge on any atom is 0.241 e. The highest BCUT2D eigenvalue weighted by molar-refractivity contribution is 5.98. The number of anilines is 1. The summed E-state index contributed by atoms with van der Waals surface area (Å²) in [6, 6.07) is 7.48. The van der Waals surface area contributed by atoms with E-state index < -0.39 is 0 Å². The van der Waals surface area contributed by atoms with Gasteiger partial charge in [-0.25, -0.2) is 4.98 Å². The zero-order valence-electron chi connectivity index (χ0n) is 12.0. The summed E-state index contributed by atoms with van der Waals surface area (Å²) < 4.78 is 0. The Balaban J connectivity index is 1.80. The summed E-state index contributed by atoms with van der Waals surface area (Å²) in [7, 11) is 0. The predicted octanol–water partition coefficient (Wildman–Crippen LogP) is 1.86. The number of nitrogens with zero attached hydrogens (tertiary/aromatic N) is 2. The molecule has 6 heteroatoms. The van der Waals surface area contributed by atoms with Gasteiger partial charge in [0.05, 0.1) is 11.7 Å². The Morgan fingerprint density at radius 1 is 1.33 bits per heavy atom. The van der Waals surface area contributed by atoms with E-state index in [-0.39, 0.29) is 11.9 Å². The van der Waals surface area contributed by atoms with Crippen LogP contribution >= 0.6 is 0 Å². The van der Waals surface area contributed by atoms with E-state index in [1.54, 1.807) is 0 Å². The minimum absolute atomic E-state index is 0.00871. The van der Waals surface area contributed by atoms with Crippen molar-refractivity contribution in [3.63, 3.8) is 0 Å². The first kappa shape index (κ1) is 13.8. The summed E-state index contributed by atoms with van der Waals surface area (Å²) in [6.45, 7) is 2.75. The number of carbonyl (C=O) groups excluding carboxylic acids is 1. The van der Waals surface area contributed by atoms with Gasteiger partial charge in [-0.3, -0.25) is 9.89 Å². The fourth-order valence-corrected chi connectivity index (χ4v) is 2.55. The van der Waals surface area contributed by atoms with Crippen LogP contribution in [0, 0.1) is 6.92 Å². The lowest BCUT2D eigenvalue weighted by Crippen LogP contribution is -2.43.